The first-order valence-electron chi connectivity index (χ1n) is 9.86. The maximum absolute atomic E-state index is 13.1. The van der Waals surface area contributed by atoms with Crippen molar-refractivity contribution in [3.05, 3.63) is 65.2 Å². The summed E-state index contributed by atoms with van der Waals surface area (Å²) in [5.41, 5.74) is 2.73. The third-order valence-corrected chi connectivity index (χ3v) is 5.79. The third kappa shape index (κ3) is 3.75. The fourth-order valence-corrected chi connectivity index (χ4v) is 3.94. The normalized spacial score (nSPS) is 21.4. The maximum Gasteiger partial charge on any atom is 0.254 e. The Bertz CT molecular complexity index is 874. The molecule has 1 heterocycles. The molecular formula is C23H26N2O3. The van der Waals surface area contributed by atoms with E-state index < -0.39 is 0 Å². The van der Waals surface area contributed by atoms with Crippen LogP contribution in [0.25, 0.3) is 0 Å². The van der Waals surface area contributed by atoms with Crippen molar-refractivity contribution in [3.63, 3.8) is 0 Å². The van der Waals surface area contributed by atoms with Gasteiger partial charge in [-0.25, -0.2) is 0 Å². The van der Waals surface area contributed by atoms with Gasteiger partial charge in [-0.2, -0.15) is 0 Å². The Labute approximate surface area is 165 Å². The number of amides is 2. The number of nitrogens with one attached hydrogen (secondary N) is 1. The van der Waals surface area contributed by atoms with Gasteiger partial charge in [-0.05, 0) is 49.1 Å². The molecule has 4 rings (SSSR count). The molecule has 0 aromatic heterocycles. The van der Waals surface area contributed by atoms with Crippen LogP contribution in [0.3, 0.4) is 0 Å². The summed E-state index contributed by atoms with van der Waals surface area (Å²) in [5.74, 6) is 0.592. The number of hydrogen-bond donors (Lipinski definition) is 1. The van der Waals surface area contributed by atoms with Crippen molar-refractivity contribution >= 4 is 11.8 Å². The molecule has 1 aliphatic carbocycles. The summed E-state index contributed by atoms with van der Waals surface area (Å²) in [4.78, 5) is 27.9. The molecule has 0 unspecified atom stereocenters. The molecule has 5 nitrogen and oxygen atoms in total. The minimum atomic E-state index is -0.234. The van der Waals surface area contributed by atoms with Crippen molar-refractivity contribution in [1.82, 2.24) is 10.2 Å². The summed E-state index contributed by atoms with van der Waals surface area (Å²) < 4.78 is 5.25. The van der Waals surface area contributed by atoms with E-state index in [1.165, 1.54) is 0 Å². The Morgan fingerprint density at radius 2 is 1.75 bits per heavy atom. The molecule has 2 aliphatic rings. The Morgan fingerprint density at radius 3 is 2.39 bits per heavy atom. The van der Waals surface area contributed by atoms with Crippen molar-refractivity contribution in [1.29, 1.82) is 0 Å². The monoisotopic (exact) mass is 378 g/mol. The zero-order chi connectivity index (χ0) is 19.7. The minimum Gasteiger partial charge on any atom is -0.497 e. The highest BCUT2D eigenvalue weighted by molar-refractivity contribution is 5.96. The number of rotatable bonds is 5. The Balaban J connectivity index is 1.59. The number of carbonyl (C=O) groups excluding carboxylic acids is 2. The minimum absolute atomic E-state index is 0.00154. The highest BCUT2D eigenvalue weighted by Gasteiger charge is 2.42. The van der Waals surface area contributed by atoms with Gasteiger partial charge in [-0.3, -0.25) is 9.59 Å². The first kappa shape index (κ1) is 18.5. The number of nitrogens with zero attached hydrogens (tertiary/aromatic N) is 1. The number of likely N-dealkylation sites (tertiary alicyclic amines) is 1. The second kappa shape index (κ2) is 7.66. The summed E-state index contributed by atoms with van der Waals surface area (Å²) in [6.07, 6.45) is 2.11. The van der Waals surface area contributed by atoms with Crippen molar-refractivity contribution in [2.24, 2.45) is 5.92 Å². The molecule has 2 fully saturated rings. The molecule has 28 heavy (non-hydrogen) atoms. The van der Waals surface area contributed by atoms with Gasteiger partial charge in [-0.1, -0.05) is 30.3 Å². The molecule has 5 heteroatoms. The molecule has 2 amide bonds. The molecule has 1 saturated heterocycles. The number of carbonyl (C=O) groups is 2. The van der Waals surface area contributed by atoms with Gasteiger partial charge in [0.15, 0.2) is 0 Å². The van der Waals surface area contributed by atoms with E-state index in [2.05, 4.69) is 5.32 Å². The molecule has 0 bridgehead atoms. The van der Waals surface area contributed by atoms with Gasteiger partial charge < -0.3 is 15.0 Å². The van der Waals surface area contributed by atoms with Crippen LogP contribution in [0.2, 0.25) is 0 Å². The number of ether oxygens (including phenoxy) is 1. The topological polar surface area (TPSA) is 58.6 Å². The summed E-state index contributed by atoms with van der Waals surface area (Å²) in [7, 11) is 1.64. The Morgan fingerprint density at radius 1 is 1.04 bits per heavy atom. The molecule has 1 N–H and O–H groups in total. The summed E-state index contributed by atoms with van der Waals surface area (Å²) >= 11 is 0. The lowest BCUT2D eigenvalue weighted by molar-refractivity contribution is -0.125. The van der Waals surface area contributed by atoms with Gasteiger partial charge in [0.05, 0.1) is 13.0 Å². The van der Waals surface area contributed by atoms with Gasteiger partial charge in [0.1, 0.15) is 5.75 Å². The van der Waals surface area contributed by atoms with Gasteiger partial charge in [0.25, 0.3) is 5.91 Å². The van der Waals surface area contributed by atoms with E-state index in [4.69, 9.17) is 4.74 Å². The predicted octanol–water partition coefficient (Wildman–Crippen LogP) is 3.14. The van der Waals surface area contributed by atoms with Crippen LogP contribution in [-0.4, -0.2) is 43.0 Å². The lowest BCUT2D eigenvalue weighted by Crippen LogP contribution is -2.36. The molecule has 2 aromatic carbocycles. The third-order valence-electron chi connectivity index (χ3n) is 5.79. The highest BCUT2D eigenvalue weighted by atomic mass is 16.5. The van der Waals surface area contributed by atoms with Crippen LogP contribution >= 0.6 is 0 Å². The Kier molecular flexibility index (Phi) is 5.07. The van der Waals surface area contributed by atoms with Crippen molar-refractivity contribution in [2.75, 3.05) is 20.2 Å². The molecule has 0 radical (unpaired) electrons. The van der Waals surface area contributed by atoms with E-state index in [1.807, 2.05) is 60.4 Å². The van der Waals surface area contributed by atoms with Crippen LogP contribution in [0.5, 0.6) is 5.75 Å². The van der Waals surface area contributed by atoms with Crippen LogP contribution in [0.4, 0.5) is 0 Å². The van der Waals surface area contributed by atoms with E-state index in [0.717, 1.165) is 29.7 Å². The zero-order valence-electron chi connectivity index (χ0n) is 16.4. The molecule has 146 valence electrons. The second-order valence-corrected chi connectivity index (χ2v) is 7.79. The van der Waals surface area contributed by atoms with Gasteiger partial charge in [0.2, 0.25) is 5.91 Å². The summed E-state index contributed by atoms with van der Waals surface area (Å²) in [6.45, 7) is 2.94. The highest BCUT2D eigenvalue weighted by Crippen LogP contribution is 2.35. The summed E-state index contributed by atoms with van der Waals surface area (Å²) in [6, 6.07) is 15.8. The maximum atomic E-state index is 13.1. The van der Waals surface area contributed by atoms with Crippen LogP contribution in [0.15, 0.2) is 48.5 Å². The van der Waals surface area contributed by atoms with E-state index in [0.29, 0.717) is 24.7 Å². The van der Waals surface area contributed by atoms with Crippen molar-refractivity contribution < 1.29 is 14.3 Å². The van der Waals surface area contributed by atoms with Gasteiger partial charge in [0, 0.05) is 30.6 Å². The van der Waals surface area contributed by atoms with Crippen LogP contribution in [0, 0.1) is 12.8 Å². The lowest BCUT2D eigenvalue weighted by atomic mass is 9.88. The first-order valence-corrected chi connectivity index (χ1v) is 9.86. The smallest absolute Gasteiger partial charge is 0.254 e. The Hall–Kier alpha value is -2.82. The average Bonchev–Trinajstić information content (AvgIpc) is 3.41. The van der Waals surface area contributed by atoms with Crippen LogP contribution < -0.4 is 10.1 Å². The number of hydrogen-bond acceptors (Lipinski definition) is 3. The molecule has 2 aromatic rings. The molecular weight excluding hydrogens is 352 g/mol. The van der Waals surface area contributed by atoms with Crippen molar-refractivity contribution in [3.8, 4) is 5.75 Å². The van der Waals surface area contributed by atoms with Gasteiger partial charge in [-0.15, -0.1) is 0 Å². The quantitative estimate of drug-likeness (QED) is 0.870. The van der Waals surface area contributed by atoms with Crippen molar-refractivity contribution in [2.45, 2.75) is 31.7 Å². The predicted molar refractivity (Wildman–Crippen MR) is 107 cm³/mol. The van der Waals surface area contributed by atoms with E-state index >= 15 is 0 Å². The van der Waals surface area contributed by atoms with E-state index in [-0.39, 0.29) is 23.7 Å². The largest absolute Gasteiger partial charge is 0.497 e. The second-order valence-electron chi connectivity index (χ2n) is 7.79. The number of benzene rings is 2. The van der Waals surface area contributed by atoms with Crippen LogP contribution in [0.1, 0.15) is 40.2 Å². The fourth-order valence-electron chi connectivity index (χ4n) is 3.94. The SMILES string of the molecule is COc1ccc([C@@H]2CN(C(=O)c3ccccc3C)C[C@H]2C(=O)NC2CC2)cc1. The zero-order valence-corrected chi connectivity index (χ0v) is 16.4. The molecule has 0 spiro atoms. The van der Waals surface area contributed by atoms with Gasteiger partial charge >= 0.3 is 0 Å². The molecule has 1 saturated carbocycles. The molecule has 1 aliphatic heterocycles. The van der Waals surface area contributed by atoms with E-state index in [1.54, 1.807) is 7.11 Å². The summed E-state index contributed by atoms with van der Waals surface area (Å²) in [5, 5.41) is 3.13. The fraction of sp³-hybridized carbons (Fsp3) is 0.391. The first-order chi connectivity index (χ1) is 13.6. The van der Waals surface area contributed by atoms with E-state index in [9.17, 15) is 9.59 Å². The average molecular weight is 378 g/mol. The molecule has 2 atom stereocenters. The number of methoxy groups -OCH3 is 1. The standard InChI is InChI=1S/C23H26N2O3/c1-15-5-3-4-6-19(15)23(27)25-13-20(16-7-11-18(28-2)12-8-16)21(14-25)22(26)24-17-9-10-17/h3-8,11-12,17,20-21H,9-10,13-14H2,1-2H3,(H,24,26)/t20-,21+/m0/s1. The van der Waals surface area contributed by atoms with Crippen LogP contribution in [-0.2, 0) is 4.79 Å². The number of aryl methyl sites for hydroxylation is 1. The lowest BCUT2D eigenvalue weighted by Gasteiger charge is -2.18.